The van der Waals surface area contributed by atoms with Crippen molar-refractivity contribution in [1.82, 2.24) is 9.97 Å². The summed E-state index contributed by atoms with van der Waals surface area (Å²) in [5.41, 5.74) is 3.30. The number of fused-ring (bicyclic) bond motifs is 2. The molecular weight excluding hydrogens is 270 g/mol. The Balaban J connectivity index is 1.74. The lowest BCUT2D eigenvalue weighted by Gasteiger charge is -2.18. The van der Waals surface area contributed by atoms with Gasteiger partial charge in [-0.1, -0.05) is 24.3 Å². The number of rotatable bonds is 2. The Bertz CT molecular complexity index is 770. The number of hydrogen-bond donors (Lipinski definition) is 2. The molecule has 5 heteroatoms. The van der Waals surface area contributed by atoms with Crippen molar-refractivity contribution in [1.29, 1.82) is 0 Å². The molecule has 2 N–H and O–H groups in total. The largest absolute Gasteiger partial charge is 0.390 e. The second-order valence-electron chi connectivity index (χ2n) is 4.95. The molecule has 1 aliphatic rings. The molecule has 0 saturated heterocycles. The van der Waals surface area contributed by atoms with Crippen LogP contribution in [-0.2, 0) is 6.42 Å². The smallest absolute Gasteiger partial charge is 0.148 e. The van der Waals surface area contributed by atoms with Gasteiger partial charge >= 0.3 is 0 Å². The van der Waals surface area contributed by atoms with Gasteiger partial charge in [-0.3, -0.25) is 0 Å². The Labute approximate surface area is 120 Å². The Hall–Kier alpha value is -1.98. The Morgan fingerprint density at radius 1 is 1.20 bits per heavy atom. The molecular formula is C15H13N3OS. The minimum atomic E-state index is -0.419. The zero-order chi connectivity index (χ0) is 13.5. The quantitative estimate of drug-likeness (QED) is 0.759. The fourth-order valence-electron chi connectivity index (χ4n) is 2.79. The lowest BCUT2D eigenvalue weighted by atomic mass is 10.1. The van der Waals surface area contributed by atoms with E-state index < -0.39 is 6.10 Å². The van der Waals surface area contributed by atoms with E-state index in [0.29, 0.717) is 6.42 Å². The fourth-order valence-corrected chi connectivity index (χ4v) is 3.58. The molecule has 0 aliphatic heterocycles. The number of hydrogen-bond acceptors (Lipinski definition) is 5. The van der Waals surface area contributed by atoms with Crippen LogP contribution in [0.2, 0.25) is 0 Å². The summed E-state index contributed by atoms with van der Waals surface area (Å²) in [6.45, 7) is 0. The van der Waals surface area contributed by atoms with Crippen molar-refractivity contribution in [2.45, 2.75) is 18.6 Å². The molecule has 2 atom stereocenters. The third-order valence-electron chi connectivity index (χ3n) is 3.74. The first-order valence-corrected chi connectivity index (χ1v) is 7.41. The van der Waals surface area contributed by atoms with Gasteiger partial charge in [0.15, 0.2) is 0 Å². The molecule has 100 valence electrons. The van der Waals surface area contributed by atoms with E-state index in [1.165, 1.54) is 5.56 Å². The predicted octanol–water partition coefficient (Wildman–Crippen LogP) is 2.76. The summed E-state index contributed by atoms with van der Waals surface area (Å²) in [5.74, 6) is 0.797. The first kappa shape index (κ1) is 11.8. The Kier molecular flexibility index (Phi) is 2.68. The number of aromatic nitrogens is 2. The van der Waals surface area contributed by atoms with E-state index in [0.717, 1.165) is 21.6 Å². The van der Waals surface area contributed by atoms with Crippen molar-refractivity contribution >= 4 is 27.4 Å². The molecule has 0 amide bonds. The molecule has 0 fully saturated rings. The topological polar surface area (TPSA) is 58.0 Å². The van der Waals surface area contributed by atoms with Crippen molar-refractivity contribution in [3.63, 3.8) is 0 Å². The monoisotopic (exact) mass is 283 g/mol. The highest BCUT2D eigenvalue weighted by Crippen LogP contribution is 2.35. The van der Waals surface area contributed by atoms with Crippen LogP contribution in [0.25, 0.3) is 10.2 Å². The average Bonchev–Trinajstić information content (AvgIpc) is 3.05. The lowest BCUT2D eigenvalue weighted by Crippen LogP contribution is -2.21. The second-order valence-corrected chi connectivity index (χ2v) is 5.87. The molecule has 4 rings (SSSR count). The SMILES string of the molecule is O[C@H]1Cc2ccccc2[C@H]1Nc1ncnc2ccsc12. The van der Waals surface area contributed by atoms with Crippen LogP contribution in [0, 0.1) is 0 Å². The summed E-state index contributed by atoms with van der Waals surface area (Å²) in [6.07, 6.45) is 1.83. The summed E-state index contributed by atoms with van der Waals surface area (Å²) in [5, 5.41) is 15.7. The van der Waals surface area contributed by atoms with Gasteiger partial charge in [0.1, 0.15) is 12.1 Å². The first-order chi connectivity index (χ1) is 9.83. The number of benzene rings is 1. The number of nitrogens with zero attached hydrogens (tertiary/aromatic N) is 2. The van der Waals surface area contributed by atoms with E-state index in [2.05, 4.69) is 27.4 Å². The molecule has 20 heavy (non-hydrogen) atoms. The van der Waals surface area contributed by atoms with E-state index in [4.69, 9.17) is 0 Å². The zero-order valence-corrected chi connectivity index (χ0v) is 11.5. The normalized spacial score (nSPS) is 21.1. The van der Waals surface area contributed by atoms with Crippen molar-refractivity contribution in [2.24, 2.45) is 0 Å². The maximum absolute atomic E-state index is 10.3. The zero-order valence-electron chi connectivity index (χ0n) is 10.7. The van der Waals surface area contributed by atoms with E-state index >= 15 is 0 Å². The molecule has 0 radical (unpaired) electrons. The first-order valence-electron chi connectivity index (χ1n) is 6.53. The third kappa shape index (κ3) is 1.78. The maximum Gasteiger partial charge on any atom is 0.148 e. The van der Waals surface area contributed by atoms with Gasteiger partial charge in [0.2, 0.25) is 0 Å². The standard InChI is InChI=1S/C15H13N3OS/c19-12-7-9-3-1-2-4-10(9)13(12)18-15-14-11(5-6-20-14)16-8-17-15/h1-6,8,12-13,19H,7H2,(H,16,17,18)/t12-,13+/m0/s1. The molecule has 2 aromatic heterocycles. The highest BCUT2D eigenvalue weighted by atomic mass is 32.1. The molecule has 2 heterocycles. The van der Waals surface area contributed by atoms with Crippen LogP contribution in [-0.4, -0.2) is 21.2 Å². The van der Waals surface area contributed by atoms with Crippen LogP contribution < -0.4 is 5.32 Å². The third-order valence-corrected chi connectivity index (χ3v) is 4.65. The van der Waals surface area contributed by atoms with Crippen LogP contribution in [0.15, 0.2) is 42.0 Å². The van der Waals surface area contributed by atoms with E-state index in [-0.39, 0.29) is 6.04 Å². The second kappa shape index (κ2) is 4.54. The summed E-state index contributed by atoms with van der Waals surface area (Å²) in [6, 6.07) is 10.0. The number of aliphatic hydroxyl groups excluding tert-OH is 1. The number of nitrogens with one attached hydrogen (secondary N) is 1. The van der Waals surface area contributed by atoms with Gasteiger partial charge in [-0.15, -0.1) is 11.3 Å². The van der Waals surface area contributed by atoms with Crippen molar-refractivity contribution in [3.8, 4) is 0 Å². The molecule has 3 aromatic rings. The fraction of sp³-hybridized carbons (Fsp3) is 0.200. The van der Waals surface area contributed by atoms with Gasteiger partial charge in [0.05, 0.1) is 22.4 Å². The van der Waals surface area contributed by atoms with Gasteiger partial charge in [0.25, 0.3) is 0 Å². The van der Waals surface area contributed by atoms with Gasteiger partial charge in [-0.05, 0) is 22.6 Å². The molecule has 0 saturated carbocycles. The van der Waals surface area contributed by atoms with Gasteiger partial charge in [-0.25, -0.2) is 9.97 Å². The summed E-state index contributed by atoms with van der Waals surface area (Å²) in [4.78, 5) is 8.56. The average molecular weight is 283 g/mol. The van der Waals surface area contributed by atoms with E-state index in [1.807, 2.05) is 23.6 Å². The predicted molar refractivity (Wildman–Crippen MR) is 79.9 cm³/mol. The summed E-state index contributed by atoms with van der Waals surface area (Å²) >= 11 is 1.61. The summed E-state index contributed by atoms with van der Waals surface area (Å²) in [7, 11) is 0. The minimum Gasteiger partial charge on any atom is -0.390 e. The molecule has 0 spiro atoms. The van der Waals surface area contributed by atoms with E-state index in [1.54, 1.807) is 17.7 Å². The van der Waals surface area contributed by atoms with Crippen LogP contribution in [0.5, 0.6) is 0 Å². The molecule has 1 aliphatic carbocycles. The van der Waals surface area contributed by atoms with E-state index in [9.17, 15) is 5.11 Å². The number of aliphatic hydroxyl groups is 1. The van der Waals surface area contributed by atoms with Gasteiger partial charge in [-0.2, -0.15) is 0 Å². The van der Waals surface area contributed by atoms with Crippen LogP contribution in [0.4, 0.5) is 5.82 Å². The maximum atomic E-state index is 10.3. The lowest BCUT2D eigenvalue weighted by molar-refractivity contribution is 0.165. The van der Waals surface area contributed by atoms with Crippen LogP contribution in [0.1, 0.15) is 17.2 Å². The Morgan fingerprint density at radius 2 is 2.10 bits per heavy atom. The molecule has 0 bridgehead atoms. The Morgan fingerprint density at radius 3 is 3.05 bits per heavy atom. The highest BCUT2D eigenvalue weighted by Gasteiger charge is 2.31. The molecule has 1 aromatic carbocycles. The van der Waals surface area contributed by atoms with Crippen LogP contribution >= 0.6 is 11.3 Å². The molecule has 0 unspecified atom stereocenters. The van der Waals surface area contributed by atoms with Crippen molar-refractivity contribution in [3.05, 3.63) is 53.2 Å². The van der Waals surface area contributed by atoms with Gasteiger partial charge < -0.3 is 10.4 Å². The van der Waals surface area contributed by atoms with Crippen molar-refractivity contribution in [2.75, 3.05) is 5.32 Å². The highest BCUT2D eigenvalue weighted by molar-refractivity contribution is 7.17. The van der Waals surface area contributed by atoms with Gasteiger partial charge in [0, 0.05) is 6.42 Å². The van der Waals surface area contributed by atoms with Crippen molar-refractivity contribution < 1.29 is 5.11 Å². The van der Waals surface area contributed by atoms with Crippen LogP contribution in [0.3, 0.4) is 0 Å². The minimum absolute atomic E-state index is 0.105. The number of thiophene rings is 1. The summed E-state index contributed by atoms with van der Waals surface area (Å²) < 4.78 is 1.03. The molecule has 4 nitrogen and oxygen atoms in total. The number of anilines is 1.